The van der Waals surface area contributed by atoms with Gasteiger partial charge in [-0.25, -0.2) is 17.7 Å². The molecule has 0 aliphatic rings. The summed E-state index contributed by atoms with van der Waals surface area (Å²) in [5.74, 6) is -0.362. The molecule has 1 heterocycles. The van der Waals surface area contributed by atoms with Crippen LogP contribution in [0.1, 0.15) is 15.9 Å². The fourth-order valence-corrected chi connectivity index (χ4v) is 3.27. The van der Waals surface area contributed by atoms with Gasteiger partial charge in [0.1, 0.15) is 5.15 Å². The van der Waals surface area contributed by atoms with Crippen molar-refractivity contribution in [2.75, 3.05) is 14.1 Å². The Morgan fingerprint density at radius 1 is 1.29 bits per heavy atom. The standard InChI is InChI=1S/C15H15BrClN3O3S/c1-20(2)24(22,23)12-5-3-10(4-6-12)8-19-15(21)13-7-11(16)9-18-14(13)17/h3-7,9H,8H2,1-2H3,(H,19,21). The first kappa shape index (κ1) is 18.9. The first-order chi connectivity index (χ1) is 11.2. The van der Waals surface area contributed by atoms with Crippen molar-refractivity contribution >= 4 is 43.5 Å². The Bertz CT molecular complexity index is 855. The molecule has 24 heavy (non-hydrogen) atoms. The first-order valence-corrected chi connectivity index (χ1v) is 9.43. The van der Waals surface area contributed by atoms with Crippen molar-refractivity contribution in [1.29, 1.82) is 0 Å². The van der Waals surface area contributed by atoms with Crippen molar-refractivity contribution in [3.8, 4) is 0 Å². The van der Waals surface area contributed by atoms with Crippen molar-refractivity contribution in [1.82, 2.24) is 14.6 Å². The lowest BCUT2D eigenvalue weighted by Gasteiger charge is -2.12. The maximum Gasteiger partial charge on any atom is 0.254 e. The number of aromatic nitrogens is 1. The van der Waals surface area contributed by atoms with Crippen LogP contribution in [-0.4, -0.2) is 37.7 Å². The molecule has 0 aliphatic heterocycles. The molecule has 2 aromatic rings. The van der Waals surface area contributed by atoms with Crippen molar-refractivity contribution < 1.29 is 13.2 Å². The summed E-state index contributed by atoms with van der Waals surface area (Å²) >= 11 is 9.15. The third-order valence-electron chi connectivity index (χ3n) is 3.21. The van der Waals surface area contributed by atoms with Crippen LogP contribution in [0.5, 0.6) is 0 Å². The van der Waals surface area contributed by atoms with Gasteiger partial charge in [0, 0.05) is 31.3 Å². The third-order valence-corrected chi connectivity index (χ3v) is 5.77. The largest absolute Gasteiger partial charge is 0.348 e. The average molecular weight is 433 g/mol. The molecule has 1 amide bonds. The van der Waals surface area contributed by atoms with Crippen LogP contribution in [0.25, 0.3) is 0 Å². The minimum absolute atomic E-state index is 0.114. The molecule has 0 saturated carbocycles. The van der Waals surface area contributed by atoms with E-state index in [1.54, 1.807) is 18.2 Å². The van der Waals surface area contributed by atoms with Gasteiger partial charge in [0.2, 0.25) is 10.0 Å². The maximum atomic E-state index is 12.1. The average Bonchev–Trinajstić information content (AvgIpc) is 2.55. The number of pyridine rings is 1. The Balaban J connectivity index is 2.07. The molecule has 0 spiro atoms. The lowest BCUT2D eigenvalue weighted by atomic mass is 10.2. The first-order valence-electron chi connectivity index (χ1n) is 6.82. The van der Waals surface area contributed by atoms with E-state index in [1.165, 1.54) is 32.4 Å². The molecule has 9 heteroatoms. The molecule has 1 aromatic carbocycles. The molecule has 128 valence electrons. The Hall–Kier alpha value is -1.48. The second-order valence-electron chi connectivity index (χ2n) is 5.11. The summed E-state index contributed by atoms with van der Waals surface area (Å²) in [5, 5.41) is 2.83. The molecule has 2 rings (SSSR count). The quantitative estimate of drug-likeness (QED) is 0.737. The van der Waals surface area contributed by atoms with E-state index in [9.17, 15) is 13.2 Å². The van der Waals surface area contributed by atoms with Gasteiger partial charge in [0.25, 0.3) is 5.91 Å². The third kappa shape index (κ3) is 4.32. The molecule has 0 aliphatic carbocycles. The van der Waals surface area contributed by atoms with E-state index in [1.807, 2.05) is 0 Å². The van der Waals surface area contributed by atoms with Gasteiger partial charge in [-0.15, -0.1) is 0 Å². The van der Waals surface area contributed by atoms with Gasteiger partial charge >= 0.3 is 0 Å². The molecular weight excluding hydrogens is 418 g/mol. The molecule has 0 unspecified atom stereocenters. The summed E-state index contributed by atoms with van der Waals surface area (Å²) in [6, 6.07) is 7.89. The summed E-state index contributed by atoms with van der Waals surface area (Å²) in [7, 11) is -0.520. The zero-order valence-corrected chi connectivity index (χ0v) is 16.1. The van der Waals surface area contributed by atoms with E-state index in [2.05, 4.69) is 26.2 Å². The highest BCUT2D eigenvalue weighted by Gasteiger charge is 2.17. The minimum atomic E-state index is -3.46. The van der Waals surface area contributed by atoms with Crippen LogP contribution < -0.4 is 5.32 Å². The Kier molecular flexibility index (Phi) is 5.97. The molecular formula is C15H15BrClN3O3S. The number of hydrogen-bond donors (Lipinski definition) is 1. The van der Waals surface area contributed by atoms with E-state index < -0.39 is 10.0 Å². The number of nitrogens with one attached hydrogen (secondary N) is 1. The molecule has 1 aromatic heterocycles. The van der Waals surface area contributed by atoms with Crippen molar-refractivity contribution in [2.24, 2.45) is 0 Å². The Morgan fingerprint density at radius 3 is 2.50 bits per heavy atom. The minimum Gasteiger partial charge on any atom is -0.348 e. The fourth-order valence-electron chi connectivity index (χ4n) is 1.85. The van der Waals surface area contributed by atoms with Gasteiger partial charge < -0.3 is 5.32 Å². The SMILES string of the molecule is CN(C)S(=O)(=O)c1ccc(CNC(=O)c2cc(Br)cnc2Cl)cc1. The number of nitrogens with zero attached hydrogens (tertiary/aromatic N) is 2. The predicted octanol–water partition coefficient (Wildman–Crippen LogP) is 2.68. The van der Waals surface area contributed by atoms with Gasteiger partial charge in [-0.05, 0) is 39.7 Å². The number of halogens is 2. The van der Waals surface area contributed by atoms with E-state index in [0.717, 1.165) is 9.87 Å². The summed E-state index contributed by atoms with van der Waals surface area (Å²) in [5.41, 5.74) is 1.03. The maximum absolute atomic E-state index is 12.1. The van der Waals surface area contributed by atoms with Gasteiger partial charge in [-0.2, -0.15) is 0 Å². The van der Waals surface area contributed by atoms with E-state index in [4.69, 9.17) is 11.6 Å². The van der Waals surface area contributed by atoms with Crippen LogP contribution in [0.4, 0.5) is 0 Å². The molecule has 1 N–H and O–H groups in total. The van der Waals surface area contributed by atoms with Gasteiger partial charge in [0.15, 0.2) is 0 Å². The van der Waals surface area contributed by atoms with E-state index in [-0.39, 0.29) is 28.1 Å². The number of amides is 1. The normalized spacial score (nSPS) is 11.5. The van der Waals surface area contributed by atoms with Crippen LogP contribution in [0.2, 0.25) is 5.15 Å². The van der Waals surface area contributed by atoms with Gasteiger partial charge in [-0.1, -0.05) is 23.7 Å². The number of rotatable bonds is 5. The Morgan fingerprint density at radius 2 is 1.92 bits per heavy atom. The second-order valence-corrected chi connectivity index (χ2v) is 8.53. The molecule has 0 atom stereocenters. The van der Waals surface area contributed by atoms with Crippen LogP contribution in [-0.2, 0) is 16.6 Å². The smallest absolute Gasteiger partial charge is 0.254 e. The van der Waals surface area contributed by atoms with Crippen LogP contribution in [0.3, 0.4) is 0 Å². The zero-order chi connectivity index (χ0) is 17.9. The van der Waals surface area contributed by atoms with Gasteiger partial charge in [0.05, 0.1) is 10.5 Å². The Labute approximate surface area is 154 Å². The summed E-state index contributed by atoms with van der Waals surface area (Å²) in [6.07, 6.45) is 1.50. The van der Waals surface area contributed by atoms with E-state index >= 15 is 0 Å². The highest BCUT2D eigenvalue weighted by molar-refractivity contribution is 9.10. The molecule has 6 nitrogen and oxygen atoms in total. The summed E-state index contributed by atoms with van der Waals surface area (Å²) in [4.78, 5) is 16.2. The van der Waals surface area contributed by atoms with Crippen molar-refractivity contribution in [3.63, 3.8) is 0 Å². The molecule has 0 bridgehead atoms. The van der Waals surface area contributed by atoms with Crippen LogP contribution >= 0.6 is 27.5 Å². The van der Waals surface area contributed by atoms with Crippen molar-refractivity contribution in [2.45, 2.75) is 11.4 Å². The van der Waals surface area contributed by atoms with E-state index in [0.29, 0.717) is 4.47 Å². The monoisotopic (exact) mass is 431 g/mol. The zero-order valence-electron chi connectivity index (χ0n) is 13.0. The summed E-state index contributed by atoms with van der Waals surface area (Å²) < 4.78 is 25.8. The van der Waals surface area contributed by atoms with Crippen molar-refractivity contribution in [3.05, 3.63) is 57.3 Å². The highest BCUT2D eigenvalue weighted by atomic mass is 79.9. The lowest BCUT2D eigenvalue weighted by Crippen LogP contribution is -2.24. The number of benzene rings is 1. The predicted molar refractivity (Wildman–Crippen MR) is 95.4 cm³/mol. The topological polar surface area (TPSA) is 79.4 Å². The lowest BCUT2D eigenvalue weighted by molar-refractivity contribution is 0.0950. The van der Waals surface area contributed by atoms with Crippen LogP contribution in [0, 0.1) is 0 Å². The number of carbonyl (C=O) groups excluding carboxylic acids is 1. The molecule has 0 radical (unpaired) electrons. The second kappa shape index (κ2) is 7.60. The highest BCUT2D eigenvalue weighted by Crippen LogP contribution is 2.18. The molecule has 0 fully saturated rings. The number of sulfonamides is 1. The summed E-state index contributed by atoms with van der Waals surface area (Å²) in [6.45, 7) is 0.240. The molecule has 0 saturated heterocycles. The number of carbonyl (C=O) groups is 1. The van der Waals surface area contributed by atoms with Gasteiger partial charge in [-0.3, -0.25) is 4.79 Å². The van der Waals surface area contributed by atoms with Crippen LogP contribution in [0.15, 0.2) is 45.9 Å². The number of hydrogen-bond acceptors (Lipinski definition) is 4. The fraction of sp³-hybridized carbons (Fsp3) is 0.200.